The van der Waals surface area contributed by atoms with E-state index in [0.717, 1.165) is 0 Å². The second-order valence-corrected chi connectivity index (χ2v) is 4.17. The lowest BCUT2D eigenvalue weighted by Gasteiger charge is -2.29. The van der Waals surface area contributed by atoms with Crippen molar-refractivity contribution in [3.05, 3.63) is 59.4 Å². The average Bonchev–Trinajstić information content (AvgIpc) is 2.85. The number of hydrogen-bond acceptors (Lipinski definition) is 1. The van der Waals surface area contributed by atoms with Crippen LogP contribution in [-0.2, 0) is 0 Å². The van der Waals surface area contributed by atoms with Crippen molar-refractivity contribution >= 4 is 6.21 Å². The van der Waals surface area contributed by atoms with Gasteiger partial charge in [0, 0.05) is 12.1 Å². The number of dihydropyridines is 1. The predicted octanol–water partition coefficient (Wildman–Crippen LogP) is 2.56. The maximum Gasteiger partial charge on any atom is 0.0676 e. The third kappa shape index (κ3) is 0.559. The molecule has 0 amide bonds. The minimum atomic E-state index is 0.172. The topological polar surface area (TPSA) is 12.4 Å². The molecule has 4 rings (SSSR count). The van der Waals surface area contributed by atoms with Crippen LogP contribution < -0.4 is 0 Å². The average molecular weight is 179 g/mol. The van der Waals surface area contributed by atoms with Crippen LogP contribution in [0.15, 0.2) is 64.4 Å². The van der Waals surface area contributed by atoms with Crippen LogP contribution in [0.5, 0.6) is 0 Å². The lowest BCUT2D eigenvalue weighted by atomic mass is 9.73. The van der Waals surface area contributed by atoms with Crippen molar-refractivity contribution < 1.29 is 0 Å². The Morgan fingerprint density at radius 2 is 2.21 bits per heavy atom. The van der Waals surface area contributed by atoms with Crippen LogP contribution in [0, 0.1) is 11.3 Å². The zero-order valence-corrected chi connectivity index (χ0v) is 7.64. The molecule has 2 atom stereocenters. The summed E-state index contributed by atoms with van der Waals surface area (Å²) in [7, 11) is 0. The standard InChI is InChI=1S/C13H9N/c1-2-4-11-9(3-1)5-6-12-13(11)7-10(13)8-14-12/h1-8,11H. The molecule has 0 aromatic rings. The van der Waals surface area contributed by atoms with Crippen molar-refractivity contribution in [3.63, 3.8) is 0 Å². The Hall–Kier alpha value is -1.63. The zero-order valence-electron chi connectivity index (χ0n) is 7.64. The highest BCUT2D eigenvalue weighted by atomic mass is 14.9. The first-order valence-corrected chi connectivity index (χ1v) is 4.96. The van der Waals surface area contributed by atoms with Crippen molar-refractivity contribution in [1.29, 1.82) is 0 Å². The Balaban J connectivity index is 1.94. The molecule has 0 saturated heterocycles. The van der Waals surface area contributed by atoms with Gasteiger partial charge in [-0.05, 0) is 17.2 Å². The molecule has 14 heavy (non-hydrogen) atoms. The van der Waals surface area contributed by atoms with E-state index in [4.69, 9.17) is 0 Å². The van der Waals surface area contributed by atoms with Crippen LogP contribution in [0.25, 0.3) is 0 Å². The monoisotopic (exact) mass is 179 g/mol. The molecule has 2 unspecified atom stereocenters. The van der Waals surface area contributed by atoms with Crippen molar-refractivity contribution in [2.24, 2.45) is 16.3 Å². The van der Waals surface area contributed by atoms with E-state index in [9.17, 15) is 0 Å². The van der Waals surface area contributed by atoms with E-state index in [2.05, 4.69) is 47.5 Å². The molecule has 1 heteroatoms. The first-order chi connectivity index (χ1) is 6.91. The Bertz CT molecular complexity index is 511. The summed E-state index contributed by atoms with van der Waals surface area (Å²) in [5.74, 6) is 0.505. The fourth-order valence-electron chi connectivity index (χ4n) is 2.74. The fourth-order valence-corrected chi connectivity index (χ4v) is 2.74. The van der Waals surface area contributed by atoms with Crippen LogP contribution in [0.2, 0.25) is 0 Å². The highest BCUT2D eigenvalue weighted by molar-refractivity contribution is 5.96. The van der Waals surface area contributed by atoms with Crippen molar-refractivity contribution in [3.8, 4) is 0 Å². The normalized spacial score (nSPS) is 39.4. The Labute approximate surface area is 82.5 Å². The van der Waals surface area contributed by atoms with Gasteiger partial charge in [0.2, 0.25) is 0 Å². The Morgan fingerprint density at radius 3 is 3.14 bits per heavy atom. The molecule has 0 N–H and O–H groups in total. The molecular weight excluding hydrogens is 170 g/mol. The summed E-state index contributed by atoms with van der Waals surface area (Å²) >= 11 is 0. The summed E-state index contributed by atoms with van der Waals surface area (Å²) in [4.78, 5) is 4.44. The molecular formula is C13H9N. The SMILES string of the molecule is C1=CC2=CC=C3N=CC4=CC43C2C=C1. The van der Waals surface area contributed by atoms with Crippen LogP contribution in [0.3, 0.4) is 0 Å². The fraction of sp³-hybridized carbons (Fsp3) is 0.154. The van der Waals surface area contributed by atoms with Crippen LogP contribution in [0.1, 0.15) is 0 Å². The van der Waals surface area contributed by atoms with Crippen LogP contribution in [0.4, 0.5) is 0 Å². The largest absolute Gasteiger partial charge is 0.260 e. The van der Waals surface area contributed by atoms with Gasteiger partial charge in [-0.25, -0.2) is 0 Å². The molecule has 0 bridgehead atoms. The summed E-state index contributed by atoms with van der Waals surface area (Å²) in [6.07, 6.45) is 17.4. The first-order valence-electron chi connectivity index (χ1n) is 4.96. The summed E-state index contributed by atoms with van der Waals surface area (Å²) in [6, 6.07) is 0. The van der Waals surface area contributed by atoms with Gasteiger partial charge in [-0.15, -0.1) is 0 Å². The van der Waals surface area contributed by atoms with Crippen molar-refractivity contribution in [1.82, 2.24) is 0 Å². The van der Waals surface area contributed by atoms with E-state index in [-0.39, 0.29) is 5.41 Å². The van der Waals surface area contributed by atoms with E-state index in [1.807, 2.05) is 6.21 Å². The lowest BCUT2D eigenvalue weighted by molar-refractivity contribution is 0.535. The first kappa shape index (κ1) is 6.77. The van der Waals surface area contributed by atoms with Gasteiger partial charge in [-0.3, -0.25) is 4.99 Å². The quantitative estimate of drug-likeness (QED) is 0.542. The zero-order chi connectivity index (χ0) is 9.17. The molecule has 0 fully saturated rings. The molecule has 1 aliphatic heterocycles. The Kier molecular flexibility index (Phi) is 0.919. The van der Waals surface area contributed by atoms with Gasteiger partial charge in [-0.2, -0.15) is 0 Å². The van der Waals surface area contributed by atoms with E-state index in [1.165, 1.54) is 16.8 Å². The minimum absolute atomic E-state index is 0.172. The molecule has 4 aliphatic rings. The summed E-state index contributed by atoms with van der Waals surface area (Å²) in [6.45, 7) is 0. The van der Waals surface area contributed by atoms with Crippen molar-refractivity contribution in [2.45, 2.75) is 0 Å². The molecule has 66 valence electrons. The van der Waals surface area contributed by atoms with Crippen molar-refractivity contribution in [2.75, 3.05) is 0 Å². The van der Waals surface area contributed by atoms with E-state index >= 15 is 0 Å². The smallest absolute Gasteiger partial charge is 0.0676 e. The second-order valence-electron chi connectivity index (χ2n) is 4.17. The van der Waals surface area contributed by atoms with E-state index in [1.54, 1.807) is 0 Å². The number of hydrogen-bond donors (Lipinski definition) is 0. The molecule has 0 radical (unpaired) electrons. The van der Waals surface area contributed by atoms with E-state index < -0.39 is 0 Å². The van der Waals surface area contributed by atoms with Crippen LogP contribution in [-0.4, -0.2) is 6.21 Å². The van der Waals surface area contributed by atoms with Gasteiger partial charge in [0.15, 0.2) is 0 Å². The molecule has 0 aromatic carbocycles. The third-order valence-corrected chi connectivity index (χ3v) is 3.53. The molecule has 1 spiro atoms. The van der Waals surface area contributed by atoms with Gasteiger partial charge < -0.3 is 0 Å². The summed E-state index contributed by atoms with van der Waals surface area (Å²) < 4.78 is 0. The number of nitrogens with zero attached hydrogens (tertiary/aromatic N) is 1. The lowest BCUT2D eigenvalue weighted by Crippen LogP contribution is -2.22. The van der Waals surface area contributed by atoms with Gasteiger partial charge in [0.05, 0.1) is 11.1 Å². The summed E-state index contributed by atoms with van der Waals surface area (Å²) in [5, 5.41) is 0. The maximum absolute atomic E-state index is 4.44. The minimum Gasteiger partial charge on any atom is -0.260 e. The summed E-state index contributed by atoms with van der Waals surface area (Å²) in [5.41, 5.74) is 4.21. The number of fused-ring (bicyclic) bond motifs is 1. The predicted molar refractivity (Wildman–Crippen MR) is 56.9 cm³/mol. The van der Waals surface area contributed by atoms with E-state index in [0.29, 0.717) is 5.92 Å². The highest BCUT2D eigenvalue weighted by Crippen LogP contribution is 2.62. The molecule has 3 aliphatic carbocycles. The number of aliphatic imine (C=N–C) groups is 1. The number of allylic oxidation sites excluding steroid dienone is 8. The third-order valence-electron chi connectivity index (χ3n) is 3.53. The molecule has 1 nitrogen and oxygen atoms in total. The number of rotatable bonds is 0. The second kappa shape index (κ2) is 1.90. The maximum atomic E-state index is 4.44. The molecule has 0 saturated carbocycles. The van der Waals surface area contributed by atoms with Gasteiger partial charge in [0.25, 0.3) is 0 Å². The van der Waals surface area contributed by atoms with Crippen LogP contribution >= 0.6 is 0 Å². The highest BCUT2D eigenvalue weighted by Gasteiger charge is 2.56. The molecule has 0 aromatic heterocycles. The molecule has 1 heterocycles. The van der Waals surface area contributed by atoms with Gasteiger partial charge >= 0.3 is 0 Å². The van der Waals surface area contributed by atoms with Gasteiger partial charge in [0.1, 0.15) is 0 Å². The Morgan fingerprint density at radius 1 is 1.21 bits per heavy atom. The van der Waals surface area contributed by atoms with Gasteiger partial charge in [-0.1, -0.05) is 36.5 Å².